The molecule has 4 rings (SSSR count). The van der Waals surface area contributed by atoms with E-state index < -0.39 is 0 Å². The third-order valence-corrected chi connectivity index (χ3v) is 4.47. The van der Waals surface area contributed by atoms with Crippen LogP contribution in [0.1, 0.15) is 23.7 Å². The van der Waals surface area contributed by atoms with Gasteiger partial charge in [-0.1, -0.05) is 23.4 Å². The molecule has 1 atom stereocenters. The minimum atomic E-state index is 0.419. The number of para-hydroxylation sites is 1. The van der Waals surface area contributed by atoms with Gasteiger partial charge in [-0.15, -0.1) is 5.10 Å². The zero-order valence-corrected chi connectivity index (χ0v) is 12.8. The molecule has 2 aromatic heterocycles. The van der Waals surface area contributed by atoms with Crippen molar-refractivity contribution in [1.29, 1.82) is 0 Å². The highest BCUT2D eigenvalue weighted by Gasteiger charge is 2.20. The molecule has 1 aliphatic heterocycles. The second-order valence-electron chi connectivity index (χ2n) is 5.96. The Labute approximate surface area is 129 Å². The van der Waals surface area contributed by atoms with E-state index in [1.54, 1.807) is 0 Å². The summed E-state index contributed by atoms with van der Waals surface area (Å²) < 4.78 is 9.71. The third-order valence-electron chi connectivity index (χ3n) is 4.47. The zero-order chi connectivity index (χ0) is 14.9. The van der Waals surface area contributed by atoms with Crippen LogP contribution < -0.4 is 0 Å². The van der Waals surface area contributed by atoms with Gasteiger partial charge < -0.3 is 9.30 Å². The van der Waals surface area contributed by atoms with E-state index in [2.05, 4.69) is 58.3 Å². The SMILES string of the molecule is Cc1cc2ccccc2n1CCn1cc([C@@H]2CCOC2)nn1. The maximum atomic E-state index is 5.42. The van der Waals surface area contributed by atoms with Gasteiger partial charge in [0.05, 0.1) is 18.8 Å². The first kappa shape index (κ1) is 13.5. The molecule has 5 nitrogen and oxygen atoms in total. The van der Waals surface area contributed by atoms with E-state index in [1.807, 2.05) is 4.68 Å². The molecular formula is C17H20N4O. The quantitative estimate of drug-likeness (QED) is 0.743. The van der Waals surface area contributed by atoms with E-state index in [9.17, 15) is 0 Å². The van der Waals surface area contributed by atoms with Crippen molar-refractivity contribution < 1.29 is 4.74 Å². The molecule has 0 radical (unpaired) electrons. The summed E-state index contributed by atoms with van der Waals surface area (Å²) in [5.41, 5.74) is 3.63. The van der Waals surface area contributed by atoms with Gasteiger partial charge in [-0.05, 0) is 30.9 Å². The van der Waals surface area contributed by atoms with Crippen LogP contribution >= 0.6 is 0 Å². The Kier molecular flexibility index (Phi) is 3.42. The molecule has 3 aromatic rings. The molecule has 0 N–H and O–H groups in total. The normalized spacial score (nSPS) is 18.3. The van der Waals surface area contributed by atoms with Crippen LogP contribution in [0.3, 0.4) is 0 Å². The molecule has 0 spiro atoms. The topological polar surface area (TPSA) is 44.9 Å². The predicted octanol–water partition coefficient (Wildman–Crippen LogP) is 2.75. The molecule has 1 aromatic carbocycles. The van der Waals surface area contributed by atoms with Crippen molar-refractivity contribution in [3.63, 3.8) is 0 Å². The van der Waals surface area contributed by atoms with Crippen molar-refractivity contribution in [2.24, 2.45) is 0 Å². The number of ether oxygens (including phenoxy) is 1. The summed E-state index contributed by atoms with van der Waals surface area (Å²) in [6.45, 7) is 5.51. The van der Waals surface area contributed by atoms with Crippen LogP contribution in [-0.4, -0.2) is 32.8 Å². The van der Waals surface area contributed by atoms with Gasteiger partial charge in [0.1, 0.15) is 0 Å². The van der Waals surface area contributed by atoms with Gasteiger partial charge in [0.2, 0.25) is 0 Å². The van der Waals surface area contributed by atoms with Crippen LogP contribution in [0, 0.1) is 6.92 Å². The fraction of sp³-hybridized carbons (Fsp3) is 0.412. The molecular weight excluding hydrogens is 276 g/mol. The van der Waals surface area contributed by atoms with Crippen molar-refractivity contribution in [3.8, 4) is 0 Å². The standard InChI is InChI=1S/C17H20N4O/c1-13-10-14-4-2-3-5-17(14)21(13)8-7-20-11-16(18-19-20)15-6-9-22-12-15/h2-5,10-11,15H,6-9,12H2,1H3/t15-/m1/s1. The Morgan fingerprint density at radius 1 is 1.27 bits per heavy atom. The van der Waals surface area contributed by atoms with Crippen LogP contribution in [0.2, 0.25) is 0 Å². The zero-order valence-electron chi connectivity index (χ0n) is 12.8. The van der Waals surface area contributed by atoms with Gasteiger partial charge >= 0.3 is 0 Å². The average Bonchev–Trinajstić information content (AvgIpc) is 3.24. The van der Waals surface area contributed by atoms with E-state index in [0.717, 1.165) is 38.4 Å². The molecule has 1 fully saturated rings. The number of fused-ring (bicyclic) bond motifs is 1. The summed E-state index contributed by atoms with van der Waals surface area (Å²) in [6.07, 6.45) is 3.13. The van der Waals surface area contributed by atoms with Gasteiger partial charge in [0.15, 0.2) is 0 Å². The minimum Gasteiger partial charge on any atom is -0.381 e. The first-order valence-corrected chi connectivity index (χ1v) is 7.84. The summed E-state index contributed by atoms with van der Waals surface area (Å²) in [6, 6.07) is 10.7. The number of hydrogen-bond donors (Lipinski definition) is 0. The number of hydrogen-bond acceptors (Lipinski definition) is 3. The first-order chi connectivity index (χ1) is 10.8. The van der Waals surface area contributed by atoms with Crippen molar-refractivity contribution in [3.05, 3.63) is 47.9 Å². The van der Waals surface area contributed by atoms with Crippen LogP contribution in [0.4, 0.5) is 0 Å². The van der Waals surface area contributed by atoms with Crippen molar-refractivity contribution in [2.75, 3.05) is 13.2 Å². The van der Waals surface area contributed by atoms with E-state index in [4.69, 9.17) is 4.74 Å². The molecule has 0 saturated carbocycles. The molecule has 1 aliphatic rings. The van der Waals surface area contributed by atoms with Crippen LogP contribution in [-0.2, 0) is 17.8 Å². The van der Waals surface area contributed by atoms with E-state index in [0.29, 0.717) is 5.92 Å². The molecule has 0 unspecified atom stereocenters. The van der Waals surface area contributed by atoms with Gasteiger partial charge in [-0.2, -0.15) is 0 Å². The Morgan fingerprint density at radius 3 is 3.05 bits per heavy atom. The average molecular weight is 296 g/mol. The fourth-order valence-electron chi connectivity index (χ4n) is 3.23. The maximum Gasteiger partial charge on any atom is 0.0881 e. The van der Waals surface area contributed by atoms with E-state index >= 15 is 0 Å². The van der Waals surface area contributed by atoms with Gasteiger partial charge in [-0.25, -0.2) is 0 Å². The minimum absolute atomic E-state index is 0.419. The number of aryl methyl sites for hydroxylation is 3. The molecule has 0 bridgehead atoms. The number of nitrogens with zero attached hydrogens (tertiary/aromatic N) is 4. The van der Waals surface area contributed by atoms with Gasteiger partial charge in [0, 0.05) is 36.5 Å². The highest BCUT2D eigenvalue weighted by molar-refractivity contribution is 5.81. The van der Waals surface area contributed by atoms with Crippen molar-refractivity contribution in [1.82, 2.24) is 19.6 Å². The second-order valence-corrected chi connectivity index (χ2v) is 5.96. The molecule has 22 heavy (non-hydrogen) atoms. The number of aromatic nitrogens is 4. The number of rotatable bonds is 4. The molecule has 5 heteroatoms. The monoisotopic (exact) mass is 296 g/mol. The van der Waals surface area contributed by atoms with Crippen molar-refractivity contribution >= 4 is 10.9 Å². The maximum absolute atomic E-state index is 5.42. The lowest BCUT2D eigenvalue weighted by Crippen LogP contribution is -2.09. The van der Waals surface area contributed by atoms with Crippen LogP contribution in [0.25, 0.3) is 10.9 Å². The molecule has 114 valence electrons. The second kappa shape index (κ2) is 5.57. The smallest absolute Gasteiger partial charge is 0.0881 e. The van der Waals surface area contributed by atoms with E-state index in [1.165, 1.54) is 16.6 Å². The number of benzene rings is 1. The summed E-state index contributed by atoms with van der Waals surface area (Å²) in [5, 5.41) is 9.87. The van der Waals surface area contributed by atoms with Crippen LogP contribution in [0.15, 0.2) is 36.5 Å². The van der Waals surface area contributed by atoms with E-state index in [-0.39, 0.29) is 0 Å². The lowest BCUT2D eigenvalue weighted by molar-refractivity contribution is 0.193. The molecule has 3 heterocycles. The first-order valence-electron chi connectivity index (χ1n) is 7.84. The van der Waals surface area contributed by atoms with Crippen molar-refractivity contribution in [2.45, 2.75) is 32.4 Å². The lowest BCUT2D eigenvalue weighted by atomic mass is 10.1. The predicted molar refractivity (Wildman–Crippen MR) is 84.9 cm³/mol. The molecule has 0 amide bonds. The van der Waals surface area contributed by atoms with Gasteiger partial charge in [-0.3, -0.25) is 4.68 Å². The Bertz CT molecular complexity index is 783. The Morgan fingerprint density at radius 2 is 2.18 bits per heavy atom. The highest BCUT2D eigenvalue weighted by Crippen LogP contribution is 2.23. The third kappa shape index (κ3) is 2.41. The summed E-state index contributed by atoms with van der Waals surface area (Å²) >= 11 is 0. The Hall–Kier alpha value is -2.14. The molecule has 0 aliphatic carbocycles. The fourth-order valence-corrected chi connectivity index (χ4v) is 3.23. The van der Waals surface area contributed by atoms with Gasteiger partial charge in [0.25, 0.3) is 0 Å². The summed E-state index contributed by atoms with van der Waals surface area (Å²) in [4.78, 5) is 0. The highest BCUT2D eigenvalue weighted by atomic mass is 16.5. The largest absolute Gasteiger partial charge is 0.381 e. The molecule has 1 saturated heterocycles. The Balaban J connectivity index is 1.51. The summed E-state index contributed by atoms with van der Waals surface area (Å²) in [5.74, 6) is 0.419. The summed E-state index contributed by atoms with van der Waals surface area (Å²) in [7, 11) is 0. The van der Waals surface area contributed by atoms with Crippen LogP contribution in [0.5, 0.6) is 0 Å². The lowest BCUT2D eigenvalue weighted by Gasteiger charge is -2.08.